The number of fused-ring (bicyclic) bond motifs is 4. The molecule has 0 amide bonds. The van der Waals surface area contributed by atoms with Gasteiger partial charge < -0.3 is 5.73 Å². The van der Waals surface area contributed by atoms with Crippen LogP contribution in [0, 0.1) is 0 Å². The van der Waals surface area contributed by atoms with Gasteiger partial charge in [-0.3, -0.25) is 0 Å². The fourth-order valence-corrected chi connectivity index (χ4v) is 3.47. The Bertz CT molecular complexity index is 1100. The first-order valence-electron chi connectivity index (χ1n) is 7.91. The van der Waals surface area contributed by atoms with Crippen LogP contribution in [0.15, 0.2) is 71.7 Å². The Morgan fingerprint density at radius 1 is 0.917 bits per heavy atom. The van der Waals surface area contributed by atoms with Crippen molar-refractivity contribution in [1.29, 1.82) is 0 Å². The van der Waals surface area contributed by atoms with E-state index in [-0.39, 0.29) is 6.17 Å². The van der Waals surface area contributed by atoms with Crippen molar-refractivity contribution in [2.45, 2.75) is 6.17 Å². The van der Waals surface area contributed by atoms with E-state index in [4.69, 9.17) is 10.7 Å². The average molecular weight is 314 g/mol. The van der Waals surface area contributed by atoms with Gasteiger partial charge in [0.2, 0.25) is 6.17 Å². The SMILES string of the molecule is NC1=N[C@@H](c2cccc3ccccc23)[n+]2c([nH]c3ccccc32)N1. The zero-order valence-electron chi connectivity index (χ0n) is 12.9. The molecule has 0 saturated heterocycles. The maximum atomic E-state index is 6.05. The summed E-state index contributed by atoms with van der Waals surface area (Å²) in [6, 6.07) is 22.9. The summed E-state index contributed by atoms with van der Waals surface area (Å²) in [6.07, 6.45) is -0.205. The van der Waals surface area contributed by atoms with Crippen molar-refractivity contribution in [3.63, 3.8) is 0 Å². The third-order valence-electron chi connectivity index (χ3n) is 4.51. The van der Waals surface area contributed by atoms with Crippen LogP contribution in [0.1, 0.15) is 11.7 Å². The van der Waals surface area contributed by atoms with Crippen LogP contribution in [-0.2, 0) is 0 Å². The van der Waals surface area contributed by atoms with Gasteiger partial charge in [-0.15, -0.1) is 0 Å². The molecule has 1 aliphatic rings. The van der Waals surface area contributed by atoms with E-state index in [0.717, 1.165) is 22.5 Å². The number of guanidine groups is 1. The highest BCUT2D eigenvalue weighted by atomic mass is 15.4. The largest absolute Gasteiger partial charge is 0.365 e. The summed E-state index contributed by atoms with van der Waals surface area (Å²) in [6.45, 7) is 0. The average Bonchev–Trinajstić information content (AvgIpc) is 2.98. The minimum Gasteiger partial charge on any atom is -0.357 e. The van der Waals surface area contributed by atoms with Crippen molar-refractivity contribution in [1.82, 2.24) is 4.98 Å². The van der Waals surface area contributed by atoms with E-state index in [9.17, 15) is 0 Å². The molecular formula is C19H16N5+. The standard InChI is InChI=1S/C19H15N5/c20-18-22-17(14-9-5-7-12-6-1-2-8-13(12)14)24-16-11-4-3-10-15(16)21-19(24)23-18/h1-11,17H,(H3,20,21,22,23)/p+1/t17-/m1/s1. The van der Waals surface area contributed by atoms with Crippen molar-refractivity contribution in [2.24, 2.45) is 10.7 Å². The molecule has 4 aromatic rings. The summed E-state index contributed by atoms with van der Waals surface area (Å²) in [7, 11) is 0. The van der Waals surface area contributed by atoms with Crippen LogP contribution in [0.4, 0.5) is 5.95 Å². The number of rotatable bonds is 1. The number of nitrogens with two attached hydrogens (primary N) is 1. The Morgan fingerprint density at radius 2 is 1.71 bits per heavy atom. The van der Waals surface area contributed by atoms with Crippen molar-refractivity contribution in [3.8, 4) is 0 Å². The van der Waals surface area contributed by atoms with Gasteiger partial charge in [0.05, 0.1) is 0 Å². The summed E-state index contributed by atoms with van der Waals surface area (Å²) < 4.78 is 2.16. The second-order valence-electron chi connectivity index (χ2n) is 5.94. The number of imidazole rings is 1. The number of para-hydroxylation sites is 2. The molecule has 5 heteroatoms. The maximum absolute atomic E-state index is 6.05. The Hall–Kier alpha value is -3.34. The van der Waals surface area contributed by atoms with Crippen molar-refractivity contribution >= 4 is 33.7 Å². The van der Waals surface area contributed by atoms with Crippen molar-refractivity contribution in [3.05, 3.63) is 72.3 Å². The van der Waals surface area contributed by atoms with Crippen LogP contribution >= 0.6 is 0 Å². The number of anilines is 1. The summed E-state index contributed by atoms with van der Waals surface area (Å²) in [5.74, 6) is 1.26. The maximum Gasteiger partial charge on any atom is 0.365 e. The van der Waals surface area contributed by atoms with Crippen LogP contribution in [0.3, 0.4) is 0 Å². The van der Waals surface area contributed by atoms with E-state index in [1.165, 1.54) is 10.8 Å². The molecule has 0 unspecified atom stereocenters. The molecule has 2 heterocycles. The number of aliphatic imine (C=N–C) groups is 1. The van der Waals surface area contributed by atoms with Crippen LogP contribution in [-0.4, -0.2) is 10.9 Å². The third-order valence-corrected chi connectivity index (χ3v) is 4.51. The van der Waals surface area contributed by atoms with E-state index in [1.54, 1.807) is 0 Å². The Morgan fingerprint density at radius 3 is 2.67 bits per heavy atom. The predicted octanol–water partition coefficient (Wildman–Crippen LogP) is 2.90. The van der Waals surface area contributed by atoms with Gasteiger partial charge in [0, 0.05) is 5.56 Å². The lowest BCUT2D eigenvalue weighted by molar-refractivity contribution is -0.674. The molecule has 3 aromatic carbocycles. The molecule has 4 N–H and O–H groups in total. The second kappa shape index (κ2) is 4.83. The fraction of sp³-hybridized carbons (Fsp3) is 0.0526. The monoisotopic (exact) mass is 314 g/mol. The molecule has 0 bridgehead atoms. The molecule has 5 nitrogen and oxygen atoms in total. The van der Waals surface area contributed by atoms with Gasteiger partial charge >= 0.3 is 5.95 Å². The van der Waals surface area contributed by atoms with E-state index in [0.29, 0.717) is 5.96 Å². The first-order valence-corrected chi connectivity index (χ1v) is 7.91. The second-order valence-corrected chi connectivity index (χ2v) is 5.94. The van der Waals surface area contributed by atoms with E-state index < -0.39 is 0 Å². The Kier molecular flexibility index (Phi) is 2.64. The fourth-order valence-electron chi connectivity index (χ4n) is 3.47. The van der Waals surface area contributed by atoms with Gasteiger partial charge in [-0.2, -0.15) is 4.99 Å². The van der Waals surface area contributed by atoms with Crippen molar-refractivity contribution in [2.75, 3.05) is 5.32 Å². The Balaban J connectivity index is 1.83. The van der Waals surface area contributed by atoms with Crippen LogP contribution in [0.5, 0.6) is 0 Å². The molecular weight excluding hydrogens is 298 g/mol. The molecule has 24 heavy (non-hydrogen) atoms. The molecule has 5 rings (SSSR count). The lowest BCUT2D eigenvalue weighted by atomic mass is 10.0. The lowest BCUT2D eigenvalue weighted by Gasteiger charge is -2.19. The van der Waals surface area contributed by atoms with Gasteiger partial charge in [-0.25, -0.2) is 14.9 Å². The van der Waals surface area contributed by atoms with Crippen LogP contribution in [0.2, 0.25) is 0 Å². The van der Waals surface area contributed by atoms with Crippen LogP contribution in [0.25, 0.3) is 21.8 Å². The van der Waals surface area contributed by atoms with Gasteiger partial charge in [-0.1, -0.05) is 54.6 Å². The smallest absolute Gasteiger partial charge is 0.357 e. The van der Waals surface area contributed by atoms with Gasteiger partial charge in [-0.05, 0) is 22.9 Å². The zero-order chi connectivity index (χ0) is 16.1. The zero-order valence-corrected chi connectivity index (χ0v) is 12.9. The molecule has 1 aliphatic heterocycles. The van der Waals surface area contributed by atoms with Gasteiger partial charge in [0.1, 0.15) is 11.0 Å². The number of hydrogen-bond donors (Lipinski definition) is 3. The van der Waals surface area contributed by atoms with Gasteiger partial charge in [0.15, 0.2) is 0 Å². The lowest BCUT2D eigenvalue weighted by Crippen LogP contribution is -2.48. The highest BCUT2D eigenvalue weighted by Gasteiger charge is 2.31. The summed E-state index contributed by atoms with van der Waals surface area (Å²) in [5.41, 5.74) is 9.32. The Labute approximate surface area is 138 Å². The van der Waals surface area contributed by atoms with E-state index >= 15 is 0 Å². The van der Waals surface area contributed by atoms with Gasteiger partial charge in [0.25, 0.3) is 5.96 Å². The molecule has 1 atom stereocenters. The number of hydrogen-bond acceptors (Lipinski definition) is 3. The third kappa shape index (κ3) is 1.81. The van der Waals surface area contributed by atoms with E-state index in [1.807, 2.05) is 12.1 Å². The predicted molar refractivity (Wildman–Crippen MR) is 95.8 cm³/mol. The number of nitrogens with zero attached hydrogens (tertiary/aromatic N) is 2. The molecule has 0 radical (unpaired) electrons. The molecule has 0 fully saturated rings. The number of H-pyrrole nitrogens is 1. The first kappa shape index (κ1) is 13.1. The van der Waals surface area contributed by atoms with E-state index in [2.05, 4.69) is 69.5 Å². The quantitative estimate of drug-likeness (QED) is 0.473. The first-order chi connectivity index (χ1) is 11.8. The number of aromatic amines is 1. The molecule has 0 aliphatic carbocycles. The molecule has 1 aromatic heterocycles. The normalized spacial score (nSPS) is 16.7. The summed E-state index contributed by atoms with van der Waals surface area (Å²) >= 11 is 0. The summed E-state index contributed by atoms with van der Waals surface area (Å²) in [4.78, 5) is 8.08. The molecule has 0 spiro atoms. The minimum atomic E-state index is -0.205. The number of aromatic nitrogens is 2. The minimum absolute atomic E-state index is 0.205. The highest BCUT2D eigenvalue weighted by Crippen LogP contribution is 2.29. The highest BCUT2D eigenvalue weighted by molar-refractivity contribution is 5.93. The summed E-state index contributed by atoms with van der Waals surface area (Å²) in [5, 5.41) is 5.52. The van der Waals surface area contributed by atoms with Crippen molar-refractivity contribution < 1.29 is 4.57 Å². The topological polar surface area (TPSA) is 70.1 Å². The number of nitrogens with one attached hydrogen (secondary N) is 2. The molecule has 116 valence electrons. The molecule has 0 saturated carbocycles. The van der Waals surface area contributed by atoms with Crippen LogP contribution < -0.4 is 15.6 Å². The number of benzene rings is 3.